The number of hydrogen-bond acceptors (Lipinski definition) is 2. The van der Waals surface area contributed by atoms with Crippen LogP contribution in [0.15, 0.2) is 0 Å². The van der Waals surface area contributed by atoms with Gasteiger partial charge in [-0.1, -0.05) is 33.1 Å². The molecule has 0 aliphatic heterocycles. The van der Waals surface area contributed by atoms with Crippen LogP contribution >= 0.6 is 12.6 Å². The van der Waals surface area contributed by atoms with Gasteiger partial charge in [-0.05, 0) is 25.7 Å². The number of carbonyl (C=O) groups is 1. The van der Waals surface area contributed by atoms with E-state index >= 15 is 0 Å². The molecule has 2 nitrogen and oxygen atoms in total. The Morgan fingerprint density at radius 1 is 1.13 bits per heavy atom. The molecule has 0 aromatic carbocycles. The van der Waals surface area contributed by atoms with E-state index in [2.05, 4.69) is 26.5 Å². The quantitative estimate of drug-likeness (QED) is 0.594. The Balaban J connectivity index is 3.79. The minimum absolute atomic E-state index is 0.156. The number of rotatable bonds is 9. The van der Waals surface area contributed by atoms with Gasteiger partial charge in [-0.15, -0.1) is 0 Å². The van der Waals surface area contributed by atoms with Gasteiger partial charge in [0.15, 0.2) is 0 Å². The molecule has 0 rings (SSSR count). The van der Waals surface area contributed by atoms with Crippen LogP contribution in [0.4, 0.5) is 0 Å². The van der Waals surface area contributed by atoms with Crippen LogP contribution in [-0.4, -0.2) is 16.3 Å². The molecular formula is C12H24O2S. The van der Waals surface area contributed by atoms with E-state index in [1.54, 1.807) is 0 Å². The number of aliphatic carboxylic acids is 1. The molecule has 2 unspecified atom stereocenters. The molecule has 0 aliphatic carbocycles. The van der Waals surface area contributed by atoms with Crippen molar-refractivity contribution in [2.75, 3.05) is 0 Å². The van der Waals surface area contributed by atoms with Gasteiger partial charge in [-0.3, -0.25) is 4.79 Å². The Hall–Kier alpha value is -0.180. The fourth-order valence-corrected chi connectivity index (χ4v) is 2.12. The molecule has 0 aromatic heterocycles. The van der Waals surface area contributed by atoms with E-state index in [9.17, 15) is 4.79 Å². The summed E-state index contributed by atoms with van der Waals surface area (Å²) in [5.41, 5.74) is 0. The molecule has 0 radical (unpaired) electrons. The van der Waals surface area contributed by atoms with E-state index in [4.69, 9.17) is 5.11 Å². The van der Waals surface area contributed by atoms with E-state index in [0.717, 1.165) is 44.9 Å². The largest absolute Gasteiger partial charge is 0.481 e. The zero-order valence-electron chi connectivity index (χ0n) is 9.91. The zero-order chi connectivity index (χ0) is 11.7. The molecule has 0 aliphatic rings. The van der Waals surface area contributed by atoms with E-state index < -0.39 is 5.97 Å². The van der Waals surface area contributed by atoms with E-state index in [1.807, 2.05) is 0 Å². The summed E-state index contributed by atoms with van der Waals surface area (Å²) in [6.45, 7) is 4.23. The van der Waals surface area contributed by atoms with Gasteiger partial charge in [0.05, 0.1) is 5.92 Å². The lowest BCUT2D eigenvalue weighted by molar-refractivity contribution is -0.142. The molecule has 90 valence electrons. The molecule has 0 heterocycles. The Labute approximate surface area is 98.9 Å². The maximum atomic E-state index is 11.0. The van der Waals surface area contributed by atoms with Gasteiger partial charge in [-0.2, -0.15) is 12.6 Å². The van der Waals surface area contributed by atoms with Crippen LogP contribution in [0.3, 0.4) is 0 Å². The first-order chi connectivity index (χ1) is 7.11. The summed E-state index contributed by atoms with van der Waals surface area (Å²) in [6.07, 6.45) is 6.83. The number of hydrogen-bond donors (Lipinski definition) is 2. The van der Waals surface area contributed by atoms with Crippen molar-refractivity contribution in [1.82, 2.24) is 0 Å². The predicted molar refractivity (Wildman–Crippen MR) is 67.6 cm³/mol. The SMILES string of the molecule is CCCCC(CCC(S)CCC)C(=O)O. The second-order valence-corrected chi connectivity index (χ2v) is 4.93. The van der Waals surface area contributed by atoms with Crippen LogP contribution < -0.4 is 0 Å². The molecule has 1 N–H and O–H groups in total. The van der Waals surface area contributed by atoms with Crippen LogP contribution in [0.25, 0.3) is 0 Å². The topological polar surface area (TPSA) is 37.3 Å². The third-order valence-corrected chi connectivity index (χ3v) is 3.24. The van der Waals surface area contributed by atoms with Gasteiger partial charge in [0.25, 0.3) is 0 Å². The van der Waals surface area contributed by atoms with Crippen LogP contribution in [-0.2, 0) is 4.79 Å². The Morgan fingerprint density at radius 2 is 1.80 bits per heavy atom. The third-order valence-electron chi connectivity index (χ3n) is 2.73. The highest BCUT2D eigenvalue weighted by Gasteiger charge is 2.17. The number of thiol groups is 1. The second-order valence-electron chi connectivity index (χ2n) is 4.20. The number of carboxylic acids is 1. The van der Waals surface area contributed by atoms with Crippen LogP contribution in [0.2, 0.25) is 0 Å². The highest BCUT2D eigenvalue weighted by molar-refractivity contribution is 7.80. The lowest BCUT2D eigenvalue weighted by Crippen LogP contribution is -2.15. The van der Waals surface area contributed by atoms with Crippen LogP contribution in [0, 0.1) is 5.92 Å². The highest BCUT2D eigenvalue weighted by atomic mass is 32.1. The molecule has 0 saturated heterocycles. The van der Waals surface area contributed by atoms with Crippen molar-refractivity contribution in [1.29, 1.82) is 0 Å². The third kappa shape index (κ3) is 7.71. The molecule has 0 aromatic rings. The zero-order valence-corrected chi connectivity index (χ0v) is 10.8. The van der Waals surface area contributed by atoms with Gasteiger partial charge in [0.2, 0.25) is 0 Å². The first kappa shape index (κ1) is 14.8. The Bertz CT molecular complexity index is 171. The van der Waals surface area contributed by atoms with Gasteiger partial charge in [-0.25, -0.2) is 0 Å². The van der Waals surface area contributed by atoms with Gasteiger partial charge < -0.3 is 5.11 Å². The molecule has 0 bridgehead atoms. The molecule has 2 atom stereocenters. The summed E-state index contributed by atoms with van der Waals surface area (Å²) in [7, 11) is 0. The first-order valence-corrected chi connectivity index (χ1v) is 6.54. The molecule has 15 heavy (non-hydrogen) atoms. The fraction of sp³-hybridized carbons (Fsp3) is 0.917. The first-order valence-electron chi connectivity index (χ1n) is 6.02. The Morgan fingerprint density at radius 3 is 2.27 bits per heavy atom. The molecule has 0 amide bonds. The van der Waals surface area contributed by atoms with Crippen molar-refractivity contribution in [3.63, 3.8) is 0 Å². The predicted octanol–water partition coefficient (Wildman–Crippen LogP) is 3.76. The van der Waals surface area contributed by atoms with Crippen molar-refractivity contribution in [3.8, 4) is 0 Å². The highest BCUT2D eigenvalue weighted by Crippen LogP contribution is 2.20. The van der Waals surface area contributed by atoms with E-state index in [1.165, 1.54) is 0 Å². The normalized spacial score (nSPS) is 14.9. The Kier molecular flexibility index (Phi) is 8.97. The minimum atomic E-state index is -0.638. The molecular weight excluding hydrogens is 208 g/mol. The molecule has 0 saturated carbocycles. The van der Waals surface area contributed by atoms with Crippen molar-refractivity contribution in [3.05, 3.63) is 0 Å². The van der Waals surface area contributed by atoms with Crippen molar-refractivity contribution in [2.24, 2.45) is 5.92 Å². The second kappa shape index (κ2) is 9.08. The van der Waals surface area contributed by atoms with E-state index in [0.29, 0.717) is 5.25 Å². The minimum Gasteiger partial charge on any atom is -0.481 e. The monoisotopic (exact) mass is 232 g/mol. The number of unbranched alkanes of at least 4 members (excludes halogenated alkanes) is 1. The van der Waals surface area contributed by atoms with Gasteiger partial charge in [0.1, 0.15) is 0 Å². The summed E-state index contributed by atoms with van der Waals surface area (Å²) in [6, 6.07) is 0. The van der Waals surface area contributed by atoms with Crippen LogP contribution in [0.1, 0.15) is 58.8 Å². The van der Waals surface area contributed by atoms with Crippen molar-refractivity contribution < 1.29 is 9.90 Å². The molecule has 0 spiro atoms. The van der Waals surface area contributed by atoms with Crippen LogP contribution in [0.5, 0.6) is 0 Å². The average Bonchev–Trinajstić information content (AvgIpc) is 2.17. The standard InChI is InChI=1S/C12H24O2S/c1-3-5-7-10(12(13)14)8-9-11(15)6-4-2/h10-11,15H,3-9H2,1-2H3,(H,13,14). The van der Waals surface area contributed by atoms with E-state index in [-0.39, 0.29) is 5.92 Å². The fourth-order valence-electron chi connectivity index (χ4n) is 1.71. The smallest absolute Gasteiger partial charge is 0.306 e. The lowest BCUT2D eigenvalue weighted by atomic mass is 9.95. The summed E-state index contributed by atoms with van der Waals surface area (Å²) < 4.78 is 0. The maximum absolute atomic E-state index is 11.0. The summed E-state index contributed by atoms with van der Waals surface area (Å²) in [5.74, 6) is -0.795. The summed E-state index contributed by atoms with van der Waals surface area (Å²) >= 11 is 4.45. The van der Waals surface area contributed by atoms with Crippen molar-refractivity contribution >= 4 is 18.6 Å². The maximum Gasteiger partial charge on any atom is 0.306 e. The van der Waals surface area contributed by atoms with Gasteiger partial charge in [0, 0.05) is 5.25 Å². The summed E-state index contributed by atoms with van der Waals surface area (Å²) in [5, 5.41) is 9.39. The molecule has 3 heteroatoms. The molecule has 0 fully saturated rings. The van der Waals surface area contributed by atoms with Gasteiger partial charge >= 0.3 is 5.97 Å². The van der Waals surface area contributed by atoms with Crippen molar-refractivity contribution in [2.45, 2.75) is 64.0 Å². The average molecular weight is 232 g/mol. The number of carboxylic acid groups (broad SMARTS) is 1. The lowest BCUT2D eigenvalue weighted by Gasteiger charge is -2.14. The summed E-state index contributed by atoms with van der Waals surface area (Å²) in [4.78, 5) is 11.0.